The molecule has 4 aliphatic rings. The molecule has 2 aliphatic carbocycles. The third-order valence-electron chi connectivity index (χ3n) is 6.08. The monoisotopic (exact) mass is 272 g/mol. The number of amides is 1. The molecule has 4 fully saturated rings. The number of carbonyl (C=O) groups excluding carboxylic acids is 1. The van der Waals surface area contributed by atoms with E-state index >= 15 is 0 Å². The first-order valence-electron chi connectivity index (χ1n) is 8.27. The Bertz CT molecular complexity index is 445. The molecular weight excluding hydrogens is 248 g/mol. The number of likely N-dealkylation sites (tertiary alicyclic amines) is 2. The first kappa shape index (κ1) is 12.7. The summed E-state index contributed by atoms with van der Waals surface area (Å²) in [6.07, 6.45) is 6.23. The quantitative estimate of drug-likeness (QED) is 0.713. The predicted octanol–water partition coefficient (Wildman–Crippen LogP) is 1.59. The molecule has 0 aromatic rings. The summed E-state index contributed by atoms with van der Waals surface area (Å²) in [6, 6.07) is 0. The van der Waals surface area contributed by atoms with Crippen molar-refractivity contribution in [2.45, 2.75) is 32.1 Å². The summed E-state index contributed by atoms with van der Waals surface area (Å²) in [6.45, 7) is 5.02. The zero-order valence-corrected chi connectivity index (χ0v) is 12.2. The molecule has 0 aromatic carbocycles. The molecule has 4 rings (SSSR count). The van der Waals surface area contributed by atoms with E-state index in [1.54, 1.807) is 0 Å². The van der Waals surface area contributed by atoms with E-state index in [-0.39, 0.29) is 5.91 Å². The highest BCUT2D eigenvalue weighted by atomic mass is 16.2. The molecule has 2 aliphatic heterocycles. The van der Waals surface area contributed by atoms with Crippen molar-refractivity contribution in [2.75, 3.05) is 32.7 Å². The fourth-order valence-electron chi connectivity index (χ4n) is 5.09. The molecule has 3 heteroatoms. The minimum atomic E-state index is 0.284. The van der Waals surface area contributed by atoms with Gasteiger partial charge >= 0.3 is 0 Å². The van der Waals surface area contributed by atoms with Gasteiger partial charge in [-0.3, -0.25) is 9.69 Å². The number of nitrogens with zero attached hydrogens (tertiary/aromatic N) is 2. The molecular formula is C17H24N2O. The van der Waals surface area contributed by atoms with Crippen LogP contribution in [0, 0.1) is 35.5 Å². The average Bonchev–Trinajstić information content (AvgIpc) is 3.17. The van der Waals surface area contributed by atoms with Crippen LogP contribution in [0.1, 0.15) is 32.1 Å². The third-order valence-corrected chi connectivity index (χ3v) is 6.08. The van der Waals surface area contributed by atoms with Crippen molar-refractivity contribution >= 4 is 5.91 Å². The molecule has 4 atom stereocenters. The standard InChI is InChI=1S/C17H24N2O/c20-17-4-3-9-19(17)8-2-1-7-18-11-15-13-5-6-14(10-13)16(15)12-18/h13-16H,3-12H2/t13?,14?,15-,16+. The summed E-state index contributed by atoms with van der Waals surface area (Å²) in [7, 11) is 0. The predicted molar refractivity (Wildman–Crippen MR) is 77.8 cm³/mol. The largest absolute Gasteiger partial charge is 0.332 e. The average molecular weight is 272 g/mol. The zero-order valence-electron chi connectivity index (χ0n) is 12.2. The Labute approximate surface area is 121 Å². The van der Waals surface area contributed by atoms with Gasteiger partial charge in [0.25, 0.3) is 0 Å². The van der Waals surface area contributed by atoms with Crippen LogP contribution in [0.15, 0.2) is 0 Å². The zero-order chi connectivity index (χ0) is 13.5. The molecule has 2 heterocycles. The van der Waals surface area contributed by atoms with Crippen molar-refractivity contribution < 1.29 is 4.79 Å². The minimum absolute atomic E-state index is 0.284. The topological polar surface area (TPSA) is 23.6 Å². The Hall–Kier alpha value is -1.01. The van der Waals surface area contributed by atoms with Gasteiger partial charge in [-0.25, -0.2) is 0 Å². The summed E-state index contributed by atoms with van der Waals surface area (Å²) < 4.78 is 0. The maximum Gasteiger partial charge on any atom is 0.223 e. The number of fused-ring (bicyclic) bond motifs is 5. The lowest BCUT2D eigenvalue weighted by atomic mass is 9.82. The fraction of sp³-hybridized carbons (Fsp3) is 0.824. The van der Waals surface area contributed by atoms with Crippen molar-refractivity contribution in [1.29, 1.82) is 0 Å². The van der Waals surface area contributed by atoms with E-state index in [9.17, 15) is 4.79 Å². The number of hydrogen-bond acceptors (Lipinski definition) is 2. The molecule has 108 valence electrons. The minimum Gasteiger partial charge on any atom is -0.332 e. The molecule has 0 aromatic heterocycles. The molecule has 2 bridgehead atoms. The third kappa shape index (κ3) is 2.15. The maximum atomic E-state index is 11.5. The van der Waals surface area contributed by atoms with Gasteiger partial charge in [-0.1, -0.05) is 11.8 Å². The number of rotatable bonds is 2. The van der Waals surface area contributed by atoms with Crippen molar-refractivity contribution in [3.05, 3.63) is 0 Å². The second-order valence-corrected chi connectivity index (χ2v) is 7.13. The van der Waals surface area contributed by atoms with Crippen LogP contribution >= 0.6 is 0 Å². The van der Waals surface area contributed by atoms with Crippen LogP contribution < -0.4 is 0 Å². The van der Waals surface area contributed by atoms with E-state index in [1.807, 2.05) is 4.90 Å². The first-order valence-corrected chi connectivity index (χ1v) is 8.27. The molecule has 2 saturated carbocycles. The van der Waals surface area contributed by atoms with Gasteiger partial charge in [-0.05, 0) is 49.4 Å². The highest BCUT2D eigenvalue weighted by Crippen LogP contribution is 2.54. The molecule has 1 amide bonds. The van der Waals surface area contributed by atoms with Crippen LogP contribution in [0.3, 0.4) is 0 Å². The maximum absolute atomic E-state index is 11.5. The summed E-state index contributed by atoms with van der Waals surface area (Å²) in [4.78, 5) is 15.9. The first-order chi connectivity index (χ1) is 9.81. The lowest BCUT2D eigenvalue weighted by molar-refractivity contribution is -0.127. The Morgan fingerprint density at radius 2 is 1.75 bits per heavy atom. The molecule has 20 heavy (non-hydrogen) atoms. The Balaban J connectivity index is 1.26. The van der Waals surface area contributed by atoms with Crippen molar-refractivity contribution in [3.8, 4) is 11.8 Å². The fourth-order valence-corrected chi connectivity index (χ4v) is 5.09. The highest BCUT2D eigenvalue weighted by Gasteiger charge is 2.51. The van der Waals surface area contributed by atoms with Gasteiger partial charge in [0.1, 0.15) is 0 Å². The van der Waals surface area contributed by atoms with Crippen molar-refractivity contribution in [3.63, 3.8) is 0 Å². The van der Waals surface area contributed by atoms with E-state index < -0.39 is 0 Å². The van der Waals surface area contributed by atoms with Crippen LogP contribution in [0.25, 0.3) is 0 Å². The van der Waals surface area contributed by atoms with Crippen LogP contribution in [0.5, 0.6) is 0 Å². The number of hydrogen-bond donors (Lipinski definition) is 0. The SMILES string of the molecule is O=C1CCCN1CC#CCN1C[C@@H]2C3CCC(C3)[C@@H]2C1. The Kier molecular flexibility index (Phi) is 3.22. The lowest BCUT2D eigenvalue weighted by Gasteiger charge is -2.22. The summed E-state index contributed by atoms with van der Waals surface area (Å²) in [5.74, 6) is 10.8. The molecule has 2 unspecified atom stereocenters. The van der Waals surface area contributed by atoms with Crippen LogP contribution in [-0.2, 0) is 4.79 Å². The van der Waals surface area contributed by atoms with E-state index in [0.717, 1.165) is 49.6 Å². The van der Waals surface area contributed by atoms with Crippen LogP contribution in [0.4, 0.5) is 0 Å². The molecule has 0 radical (unpaired) electrons. The second kappa shape index (κ2) is 5.07. The second-order valence-electron chi connectivity index (χ2n) is 7.13. The van der Waals surface area contributed by atoms with Gasteiger partial charge in [0, 0.05) is 26.1 Å². The molecule has 3 nitrogen and oxygen atoms in total. The van der Waals surface area contributed by atoms with Gasteiger partial charge < -0.3 is 4.90 Å². The highest BCUT2D eigenvalue weighted by molar-refractivity contribution is 5.78. The van der Waals surface area contributed by atoms with Gasteiger partial charge in [-0.2, -0.15) is 0 Å². The smallest absolute Gasteiger partial charge is 0.223 e. The molecule has 0 N–H and O–H groups in total. The Morgan fingerprint density at radius 1 is 1.05 bits per heavy atom. The Morgan fingerprint density at radius 3 is 2.40 bits per heavy atom. The van der Waals surface area contributed by atoms with Crippen LogP contribution in [0.2, 0.25) is 0 Å². The molecule has 0 spiro atoms. The van der Waals surface area contributed by atoms with Gasteiger partial charge in [-0.15, -0.1) is 0 Å². The van der Waals surface area contributed by atoms with Gasteiger partial charge in [0.05, 0.1) is 13.1 Å². The van der Waals surface area contributed by atoms with E-state index in [2.05, 4.69) is 16.7 Å². The van der Waals surface area contributed by atoms with E-state index in [0.29, 0.717) is 6.54 Å². The molecule has 2 saturated heterocycles. The normalized spacial score (nSPS) is 39.2. The summed E-state index contributed by atoms with van der Waals surface area (Å²) in [5, 5.41) is 0. The van der Waals surface area contributed by atoms with Crippen molar-refractivity contribution in [1.82, 2.24) is 9.80 Å². The van der Waals surface area contributed by atoms with Gasteiger partial charge in [0.15, 0.2) is 0 Å². The van der Waals surface area contributed by atoms with Gasteiger partial charge in [0.2, 0.25) is 5.91 Å². The lowest BCUT2D eigenvalue weighted by Crippen LogP contribution is -2.25. The van der Waals surface area contributed by atoms with E-state index in [4.69, 9.17) is 0 Å². The van der Waals surface area contributed by atoms with Crippen LogP contribution in [-0.4, -0.2) is 48.4 Å². The summed E-state index contributed by atoms with van der Waals surface area (Å²) >= 11 is 0. The van der Waals surface area contributed by atoms with Crippen molar-refractivity contribution in [2.24, 2.45) is 23.7 Å². The van der Waals surface area contributed by atoms with E-state index in [1.165, 1.54) is 32.4 Å². The number of carbonyl (C=O) groups is 1. The summed E-state index contributed by atoms with van der Waals surface area (Å²) in [5.41, 5.74) is 0.